The first-order valence-electron chi connectivity index (χ1n) is 5.30. The van der Waals surface area contributed by atoms with E-state index >= 15 is 0 Å². The number of guanidine groups is 1. The number of nitrogens with two attached hydrogens (primary N) is 2. The molecule has 8 nitrogen and oxygen atoms in total. The van der Waals surface area contributed by atoms with E-state index in [1.165, 1.54) is 6.92 Å². The third-order valence-corrected chi connectivity index (χ3v) is 2.14. The number of nitrogens with one attached hydrogen (secondary N) is 2. The summed E-state index contributed by atoms with van der Waals surface area (Å²) >= 11 is 0. The predicted octanol–water partition coefficient (Wildman–Crippen LogP) is -6.01. The van der Waals surface area contributed by atoms with Gasteiger partial charge in [-0.25, -0.2) is 0 Å². The van der Waals surface area contributed by atoms with E-state index in [0.717, 1.165) is 0 Å². The van der Waals surface area contributed by atoms with Crippen LogP contribution in [0.15, 0.2) is 0 Å². The van der Waals surface area contributed by atoms with Gasteiger partial charge in [0.05, 0.1) is 18.6 Å². The Morgan fingerprint density at radius 1 is 1.47 bits per heavy atom. The second kappa shape index (κ2) is 7.44. The van der Waals surface area contributed by atoms with Gasteiger partial charge in [0.25, 0.3) is 5.91 Å². The zero-order valence-electron chi connectivity index (χ0n) is 9.86. The summed E-state index contributed by atoms with van der Waals surface area (Å²) in [6.45, 7) is 1.88. The molecule has 0 aromatic carbocycles. The van der Waals surface area contributed by atoms with Gasteiger partial charge in [-0.1, -0.05) is 0 Å². The van der Waals surface area contributed by atoms with Crippen molar-refractivity contribution < 1.29 is 25.4 Å². The van der Waals surface area contributed by atoms with Crippen molar-refractivity contribution in [3.05, 3.63) is 0 Å². The molecular formula is C9H20N5O3+. The van der Waals surface area contributed by atoms with Crippen molar-refractivity contribution in [3.63, 3.8) is 0 Å². The van der Waals surface area contributed by atoms with E-state index in [2.05, 4.69) is 16.0 Å². The Morgan fingerprint density at radius 3 is 2.53 bits per heavy atom. The van der Waals surface area contributed by atoms with Crippen molar-refractivity contribution in [1.29, 1.82) is 0 Å². The molecule has 9 N–H and O–H groups in total. The molecular weight excluding hydrogens is 226 g/mol. The Bertz CT molecular complexity index is 301. The molecule has 0 fully saturated rings. The SMILES string of the molecule is C[C@H](NC(=O)[C@@H]([NH3+])CCC[NH+]=C(N)N)C(=O)[O-]. The van der Waals surface area contributed by atoms with E-state index in [-0.39, 0.29) is 5.96 Å². The highest BCUT2D eigenvalue weighted by atomic mass is 16.4. The molecule has 0 heterocycles. The molecule has 8 heteroatoms. The van der Waals surface area contributed by atoms with Crippen molar-refractivity contribution >= 4 is 17.8 Å². The minimum Gasteiger partial charge on any atom is -0.548 e. The van der Waals surface area contributed by atoms with Crippen molar-refractivity contribution in [2.75, 3.05) is 6.54 Å². The molecule has 0 spiro atoms. The molecule has 0 bridgehead atoms. The minimum atomic E-state index is -1.32. The Kier molecular flexibility index (Phi) is 6.64. The van der Waals surface area contributed by atoms with Crippen LogP contribution >= 0.6 is 0 Å². The summed E-state index contributed by atoms with van der Waals surface area (Å²) in [4.78, 5) is 24.6. The molecule has 98 valence electrons. The number of amides is 1. The van der Waals surface area contributed by atoms with Gasteiger partial charge in [0, 0.05) is 6.42 Å². The fraction of sp³-hybridized carbons (Fsp3) is 0.667. The molecule has 0 aliphatic carbocycles. The third kappa shape index (κ3) is 7.12. The molecule has 0 saturated heterocycles. The molecule has 0 aliphatic heterocycles. The van der Waals surface area contributed by atoms with E-state index in [4.69, 9.17) is 11.5 Å². The molecule has 0 saturated carbocycles. The van der Waals surface area contributed by atoms with Gasteiger partial charge in [0.1, 0.15) is 0 Å². The van der Waals surface area contributed by atoms with Crippen molar-refractivity contribution in [2.45, 2.75) is 31.8 Å². The number of aliphatic carboxylic acids is 1. The van der Waals surface area contributed by atoms with Gasteiger partial charge >= 0.3 is 5.96 Å². The monoisotopic (exact) mass is 246 g/mol. The van der Waals surface area contributed by atoms with Crippen LogP contribution in [0.1, 0.15) is 19.8 Å². The minimum absolute atomic E-state index is 0.126. The lowest BCUT2D eigenvalue weighted by Gasteiger charge is -2.16. The number of quaternary nitrogens is 1. The average molecular weight is 246 g/mol. The number of carboxylic acid groups (broad SMARTS) is 1. The summed E-state index contributed by atoms with van der Waals surface area (Å²) in [6, 6.07) is -1.53. The Hall–Kier alpha value is -1.83. The first-order chi connectivity index (χ1) is 7.84. The molecule has 17 heavy (non-hydrogen) atoms. The van der Waals surface area contributed by atoms with Gasteiger partial charge in [-0.2, -0.15) is 0 Å². The molecule has 2 atom stereocenters. The molecule has 0 radical (unpaired) electrons. The van der Waals surface area contributed by atoms with Gasteiger partial charge in [-0.15, -0.1) is 0 Å². The zero-order chi connectivity index (χ0) is 13.4. The fourth-order valence-electron chi connectivity index (χ4n) is 1.10. The summed E-state index contributed by atoms with van der Waals surface area (Å²) < 4.78 is 0. The first-order valence-corrected chi connectivity index (χ1v) is 5.30. The lowest BCUT2D eigenvalue weighted by atomic mass is 10.1. The fourth-order valence-corrected chi connectivity index (χ4v) is 1.10. The van der Waals surface area contributed by atoms with E-state index < -0.39 is 24.0 Å². The van der Waals surface area contributed by atoms with E-state index in [1.807, 2.05) is 0 Å². The summed E-state index contributed by atoms with van der Waals surface area (Å²) in [5.41, 5.74) is 14.0. The van der Waals surface area contributed by atoms with Crippen LogP contribution in [-0.4, -0.2) is 36.5 Å². The van der Waals surface area contributed by atoms with Crippen LogP contribution in [0.25, 0.3) is 0 Å². The quantitative estimate of drug-likeness (QED) is 0.171. The molecule has 0 rings (SSSR count). The number of rotatable bonds is 7. The smallest absolute Gasteiger partial charge is 0.338 e. The second-order valence-electron chi connectivity index (χ2n) is 3.77. The van der Waals surface area contributed by atoms with Gasteiger partial charge in [-0.3, -0.25) is 21.3 Å². The van der Waals surface area contributed by atoms with Crippen LogP contribution < -0.4 is 32.6 Å². The van der Waals surface area contributed by atoms with Crippen LogP contribution in [0.4, 0.5) is 0 Å². The second-order valence-corrected chi connectivity index (χ2v) is 3.77. The summed E-state index contributed by atoms with van der Waals surface area (Å²) in [5, 5.41) is 12.7. The maximum Gasteiger partial charge on any atom is 0.338 e. The first kappa shape index (κ1) is 15.2. The zero-order valence-corrected chi connectivity index (χ0v) is 9.86. The lowest BCUT2D eigenvalue weighted by Crippen LogP contribution is -2.78. The summed E-state index contributed by atoms with van der Waals surface area (Å²) in [6.07, 6.45) is 1.16. The standard InChI is InChI=1S/C9H19N5O3/c1-5(8(16)17)14-7(15)6(10)3-2-4-13-9(11)12/h5-6H,2-4,10H2,1H3,(H,14,15)(H,16,17)(H4,11,12,13)/p+1/t5-,6-/m0/s1. The number of carbonyl (C=O) groups is 2. The van der Waals surface area contributed by atoms with Crippen LogP contribution in [0.5, 0.6) is 0 Å². The maximum absolute atomic E-state index is 11.4. The van der Waals surface area contributed by atoms with Gasteiger partial charge in [0.2, 0.25) is 0 Å². The van der Waals surface area contributed by atoms with Crippen molar-refractivity contribution in [1.82, 2.24) is 5.32 Å². The normalized spacial score (nSPS) is 13.5. The van der Waals surface area contributed by atoms with Crippen LogP contribution in [-0.2, 0) is 9.59 Å². The van der Waals surface area contributed by atoms with Crippen LogP contribution in [0.3, 0.4) is 0 Å². The Balaban J connectivity index is 3.90. The van der Waals surface area contributed by atoms with Gasteiger partial charge < -0.3 is 21.0 Å². The maximum atomic E-state index is 11.4. The number of hydrogen-bond acceptors (Lipinski definition) is 3. The van der Waals surface area contributed by atoms with Crippen molar-refractivity contribution in [3.8, 4) is 0 Å². The number of hydrogen-bond donors (Lipinski definition) is 5. The van der Waals surface area contributed by atoms with Crippen LogP contribution in [0.2, 0.25) is 0 Å². The molecule has 0 aromatic heterocycles. The highest BCUT2D eigenvalue weighted by molar-refractivity contribution is 5.84. The van der Waals surface area contributed by atoms with Crippen molar-refractivity contribution in [2.24, 2.45) is 11.5 Å². The molecule has 0 aliphatic rings. The van der Waals surface area contributed by atoms with E-state index in [9.17, 15) is 14.7 Å². The highest BCUT2D eigenvalue weighted by Crippen LogP contribution is 1.91. The van der Waals surface area contributed by atoms with E-state index in [0.29, 0.717) is 19.4 Å². The van der Waals surface area contributed by atoms with Crippen LogP contribution in [0, 0.1) is 0 Å². The summed E-state index contributed by atoms with van der Waals surface area (Å²) in [7, 11) is 0. The Morgan fingerprint density at radius 2 is 2.06 bits per heavy atom. The molecule has 1 amide bonds. The predicted molar refractivity (Wildman–Crippen MR) is 57.7 cm³/mol. The van der Waals surface area contributed by atoms with Gasteiger partial charge in [-0.05, 0) is 13.3 Å². The lowest BCUT2D eigenvalue weighted by molar-refractivity contribution is -0.463. The topological polar surface area (TPSA) is 163 Å². The largest absolute Gasteiger partial charge is 0.548 e. The number of carboxylic acids is 1. The molecule has 0 unspecified atom stereocenters. The Labute approximate surface area is 99.2 Å². The number of carbonyl (C=O) groups excluding carboxylic acids is 2. The van der Waals surface area contributed by atoms with E-state index in [1.54, 1.807) is 0 Å². The summed E-state index contributed by atoms with van der Waals surface area (Å²) in [5.74, 6) is -1.61. The van der Waals surface area contributed by atoms with Gasteiger partial charge in [0.15, 0.2) is 6.04 Å². The molecule has 0 aromatic rings. The third-order valence-electron chi connectivity index (χ3n) is 2.14. The average Bonchev–Trinajstić information content (AvgIpc) is 2.23. The highest BCUT2D eigenvalue weighted by Gasteiger charge is 2.18.